The summed E-state index contributed by atoms with van der Waals surface area (Å²) in [7, 11) is -3.80. The summed E-state index contributed by atoms with van der Waals surface area (Å²) >= 11 is 3.37. The molecule has 0 amide bonds. The van der Waals surface area contributed by atoms with E-state index >= 15 is 0 Å². The highest BCUT2D eigenvalue weighted by atomic mass is 79.9. The second-order valence-corrected chi connectivity index (χ2v) is 12.3. The van der Waals surface area contributed by atoms with Gasteiger partial charge < -0.3 is 9.88 Å². The van der Waals surface area contributed by atoms with Crippen molar-refractivity contribution in [3.05, 3.63) is 53.0 Å². The lowest BCUT2D eigenvalue weighted by molar-refractivity contribution is 0.270. The lowest BCUT2D eigenvalue weighted by atomic mass is 9.84. The molecule has 4 aromatic rings. The van der Waals surface area contributed by atoms with E-state index in [1.54, 1.807) is 36.7 Å². The number of imidazole rings is 1. The van der Waals surface area contributed by atoms with Gasteiger partial charge in [0.1, 0.15) is 11.3 Å². The molecule has 1 aromatic carbocycles. The van der Waals surface area contributed by atoms with Crippen molar-refractivity contribution in [3.63, 3.8) is 0 Å². The number of nitrogens with one attached hydrogen (secondary N) is 1. The molecule has 4 heterocycles. The molecule has 2 fully saturated rings. The van der Waals surface area contributed by atoms with Gasteiger partial charge in [0.25, 0.3) is 10.0 Å². The smallest absolute Gasteiger partial charge is 0.269 e. The summed E-state index contributed by atoms with van der Waals surface area (Å²) in [6.07, 6.45) is 7.95. The van der Waals surface area contributed by atoms with Crippen LogP contribution in [0.5, 0.6) is 0 Å². The number of nitrogens with zero attached hydrogens (tertiary/aromatic N) is 5. The van der Waals surface area contributed by atoms with E-state index < -0.39 is 10.0 Å². The standard InChI is InChI=1S/C25H25BrN6O2S/c26-18-3-7-20(8-4-18)35(33,34)31-12-10-21-23-22(15-29-25(21)31)30-24(17-13-28-14-17)32(23)19-5-1-16(2-6-19)9-11-27/h3-4,7-8,10,12,15-17,19,28H,1-2,5-6,9,13-14H2. The number of aromatic nitrogens is 4. The predicted octanol–water partition coefficient (Wildman–Crippen LogP) is 4.72. The summed E-state index contributed by atoms with van der Waals surface area (Å²) < 4.78 is 31.4. The zero-order valence-corrected chi connectivity index (χ0v) is 21.5. The summed E-state index contributed by atoms with van der Waals surface area (Å²) in [6.45, 7) is 1.78. The van der Waals surface area contributed by atoms with Gasteiger partial charge in [-0.3, -0.25) is 0 Å². The highest BCUT2D eigenvalue weighted by Crippen LogP contribution is 2.40. The van der Waals surface area contributed by atoms with E-state index in [0.717, 1.165) is 65.5 Å². The number of rotatable bonds is 5. The summed E-state index contributed by atoms with van der Waals surface area (Å²) in [5, 5.41) is 13.3. The number of pyridine rings is 1. The number of halogens is 1. The molecule has 180 valence electrons. The lowest BCUT2D eigenvalue weighted by Gasteiger charge is -2.33. The van der Waals surface area contributed by atoms with E-state index in [1.165, 1.54) is 3.97 Å². The molecule has 0 atom stereocenters. The minimum Gasteiger partial charge on any atom is -0.324 e. The lowest BCUT2D eigenvalue weighted by Crippen LogP contribution is -2.41. The number of benzene rings is 1. The summed E-state index contributed by atoms with van der Waals surface area (Å²) in [5.41, 5.74) is 2.18. The summed E-state index contributed by atoms with van der Waals surface area (Å²) in [5.74, 6) is 1.85. The molecule has 0 bridgehead atoms. The fourth-order valence-corrected chi connectivity index (χ4v) is 7.01. The van der Waals surface area contributed by atoms with Crippen LogP contribution in [0, 0.1) is 17.2 Å². The normalized spacial score (nSPS) is 21.3. The maximum atomic E-state index is 13.5. The van der Waals surface area contributed by atoms with Gasteiger partial charge in [-0.2, -0.15) is 5.26 Å². The Labute approximate surface area is 212 Å². The Morgan fingerprint density at radius 3 is 2.51 bits per heavy atom. The van der Waals surface area contributed by atoms with Gasteiger partial charge in [-0.1, -0.05) is 15.9 Å². The van der Waals surface area contributed by atoms with Crippen molar-refractivity contribution >= 4 is 48.0 Å². The average Bonchev–Trinajstić information content (AvgIpc) is 3.41. The third-order valence-electron chi connectivity index (χ3n) is 7.43. The van der Waals surface area contributed by atoms with E-state index in [1.807, 2.05) is 6.07 Å². The van der Waals surface area contributed by atoms with Crippen molar-refractivity contribution < 1.29 is 8.42 Å². The monoisotopic (exact) mass is 552 g/mol. The molecule has 10 heteroatoms. The first-order chi connectivity index (χ1) is 17.0. The van der Waals surface area contributed by atoms with Crippen LogP contribution < -0.4 is 5.32 Å². The van der Waals surface area contributed by atoms with Gasteiger partial charge in [-0.15, -0.1) is 0 Å². The van der Waals surface area contributed by atoms with Crippen molar-refractivity contribution in [2.24, 2.45) is 5.92 Å². The van der Waals surface area contributed by atoms with E-state index in [2.05, 4.69) is 36.9 Å². The zero-order chi connectivity index (χ0) is 24.2. The van der Waals surface area contributed by atoms with E-state index in [0.29, 0.717) is 23.9 Å². The fourth-order valence-electron chi connectivity index (χ4n) is 5.44. The van der Waals surface area contributed by atoms with Crippen molar-refractivity contribution in [1.82, 2.24) is 23.8 Å². The summed E-state index contributed by atoms with van der Waals surface area (Å²) in [6, 6.07) is 11.1. The first kappa shape index (κ1) is 22.7. The Morgan fingerprint density at radius 2 is 1.86 bits per heavy atom. The number of hydrogen-bond donors (Lipinski definition) is 1. The van der Waals surface area contributed by atoms with Gasteiger partial charge in [0, 0.05) is 47.5 Å². The molecule has 3 aromatic heterocycles. The Balaban J connectivity index is 1.50. The van der Waals surface area contributed by atoms with Gasteiger partial charge in [-0.05, 0) is 61.9 Å². The molecule has 2 aliphatic rings. The molecule has 1 aliphatic carbocycles. The highest BCUT2D eigenvalue weighted by Gasteiger charge is 2.32. The van der Waals surface area contributed by atoms with Gasteiger partial charge in [0.2, 0.25) is 0 Å². The predicted molar refractivity (Wildman–Crippen MR) is 137 cm³/mol. The van der Waals surface area contributed by atoms with Gasteiger partial charge in [0.15, 0.2) is 5.65 Å². The molecular formula is C25H25BrN6O2S. The Morgan fingerprint density at radius 1 is 1.11 bits per heavy atom. The molecule has 1 saturated heterocycles. The number of fused-ring (bicyclic) bond motifs is 3. The van der Waals surface area contributed by atoms with Crippen molar-refractivity contribution in [3.8, 4) is 6.07 Å². The molecule has 8 nitrogen and oxygen atoms in total. The third-order valence-corrected chi connectivity index (χ3v) is 9.64. The third kappa shape index (κ3) is 3.77. The van der Waals surface area contributed by atoms with E-state index in [4.69, 9.17) is 10.2 Å². The maximum Gasteiger partial charge on any atom is 0.269 e. The molecule has 1 saturated carbocycles. The zero-order valence-electron chi connectivity index (χ0n) is 19.1. The quantitative estimate of drug-likeness (QED) is 0.384. The van der Waals surface area contributed by atoms with Crippen LogP contribution in [-0.4, -0.2) is 40.0 Å². The van der Waals surface area contributed by atoms with E-state index in [9.17, 15) is 8.42 Å². The highest BCUT2D eigenvalue weighted by molar-refractivity contribution is 9.10. The second-order valence-electron chi connectivity index (χ2n) is 9.53. The van der Waals surface area contributed by atoms with Crippen LogP contribution in [0.15, 0.2) is 52.1 Å². The van der Waals surface area contributed by atoms with Gasteiger partial charge in [-0.25, -0.2) is 22.4 Å². The Bertz CT molecular complexity index is 1560. The minimum atomic E-state index is -3.80. The summed E-state index contributed by atoms with van der Waals surface area (Å²) in [4.78, 5) is 9.78. The van der Waals surface area contributed by atoms with Crippen LogP contribution in [0.2, 0.25) is 0 Å². The van der Waals surface area contributed by atoms with Crippen LogP contribution in [0.4, 0.5) is 0 Å². The largest absolute Gasteiger partial charge is 0.324 e. The van der Waals surface area contributed by atoms with Gasteiger partial charge >= 0.3 is 0 Å². The van der Waals surface area contributed by atoms with Crippen LogP contribution in [0.25, 0.3) is 22.1 Å². The van der Waals surface area contributed by atoms with Crippen LogP contribution in [0.3, 0.4) is 0 Å². The maximum absolute atomic E-state index is 13.5. The van der Waals surface area contributed by atoms with Crippen molar-refractivity contribution in [2.45, 2.75) is 49.0 Å². The molecule has 35 heavy (non-hydrogen) atoms. The molecular weight excluding hydrogens is 528 g/mol. The first-order valence-corrected chi connectivity index (χ1v) is 14.2. The topological polar surface area (TPSA) is 106 Å². The first-order valence-electron chi connectivity index (χ1n) is 11.9. The molecule has 6 rings (SSSR count). The van der Waals surface area contributed by atoms with Crippen molar-refractivity contribution in [1.29, 1.82) is 5.26 Å². The second kappa shape index (κ2) is 8.73. The minimum absolute atomic E-state index is 0.214. The van der Waals surface area contributed by atoms with Crippen LogP contribution in [-0.2, 0) is 10.0 Å². The molecule has 0 radical (unpaired) electrons. The molecule has 0 spiro atoms. The van der Waals surface area contributed by atoms with Crippen LogP contribution in [0.1, 0.15) is 49.9 Å². The Hall–Kier alpha value is -2.74. The van der Waals surface area contributed by atoms with E-state index in [-0.39, 0.29) is 10.9 Å². The SMILES string of the molecule is N#CCC1CCC(n2c(C3CNC3)nc3cnc4c(ccn4S(=O)(=O)c4ccc(Br)cc4)c32)CC1. The average molecular weight is 553 g/mol. The van der Waals surface area contributed by atoms with Crippen LogP contribution >= 0.6 is 15.9 Å². The number of nitriles is 1. The number of hydrogen-bond acceptors (Lipinski definition) is 6. The molecule has 1 N–H and O–H groups in total. The van der Waals surface area contributed by atoms with Crippen molar-refractivity contribution in [2.75, 3.05) is 13.1 Å². The molecule has 0 unspecified atom stereocenters. The van der Waals surface area contributed by atoms with Gasteiger partial charge in [0.05, 0.1) is 22.7 Å². The Kier molecular flexibility index (Phi) is 5.66. The molecule has 1 aliphatic heterocycles. The fraction of sp³-hybridized carbons (Fsp3) is 0.400.